The summed E-state index contributed by atoms with van der Waals surface area (Å²) >= 11 is 6.28. The van der Waals surface area contributed by atoms with Gasteiger partial charge < -0.3 is 4.74 Å². The molecule has 1 fully saturated rings. The number of para-hydroxylation sites is 1. The summed E-state index contributed by atoms with van der Waals surface area (Å²) in [6, 6.07) is 18.5. The van der Waals surface area contributed by atoms with Crippen molar-refractivity contribution >= 4 is 11.6 Å². The van der Waals surface area contributed by atoms with Crippen molar-refractivity contribution in [2.75, 3.05) is 6.54 Å². The predicted molar refractivity (Wildman–Crippen MR) is 115 cm³/mol. The van der Waals surface area contributed by atoms with Crippen LogP contribution in [0, 0.1) is 11.3 Å². The molecule has 2 aromatic carbocycles. The summed E-state index contributed by atoms with van der Waals surface area (Å²) in [5.41, 5.74) is 3.87. The van der Waals surface area contributed by atoms with Crippen molar-refractivity contribution in [2.45, 2.75) is 44.1 Å². The van der Waals surface area contributed by atoms with Gasteiger partial charge in [-0.1, -0.05) is 35.9 Å². The topological polar surface area (TPSA) is 54.1 Å². The van der Waals surface area contributed by atoms with Crippen LogP contribution in [0.1, 0.15) is 42.6 Å². The minimum absolute atomic E-state index is 0.308. The van der Waals surface area contributed by atoms with Gasteiger partial charge in [-0.2, -0.15) is 10.4 Å². The van der Waals surface area contributed by atoms with Gasteiger partial charge in [0.1, 0.15) is 0 Å². The molecule has 152 valence electrons. The summed E-state index contributed by atoms with van der Waals surface area (Å²) in [4.78, 5) is 2.46. The third-order valence-electron chi connectivity index (χ3n) is 6.34. The van der Waals surface area contributed by atoms with Crippen LogP contribution < -0.4 is 0 Å². The molecular weight excluding hydrogens is 396 g/mol. The second-order valence-electron chi connectivity index (χ2n) is 8.26. The number of rotatable bonds is 3. The molecule has 5 nitrogen and oxygen atoms in total. The number of halogens is 1. The van der Waals surface area contributed by atoms with E-state index in [1.165, 1.54) is 5.56 Å². The lowest BCUT2D eigenvalue weighted by Crippen LogP contribution is -2.47. The normalized spacial score (nSPS) is 25.9. The summed E-state index contributed by atoms with van der Waals surface area (Å²) in [7, 11) is 0. The standard InChI is InChI=1S/C24H23ClN4O/c1-17-12-24(22-11-19(25)7-8-21(22)23(13-26)30-24)9-10-28(17)15-18-14-27-29(16-18)20-5-3-2-4-6-20/h2-8,11,14,16-17,23H,9-10,12,15H2,1H3/t17-,23?,24?/m0/s1. The number of aromatic nitrogens is 2. The van der Waals surface area contributed by atoms with Crippen LogP contribution in [0.4, 0.5) is 0 Å². The molecule has 3 aromatic rings. The van der Waals surface area contributed by atoms with Crippen molar-refractivity contribution < 1.29 is 4.74 Å². The molecule has 3 atom stereocenters. The smallest absolute Gasteiger partial charge is 0.170 e. The van der Waals surface area contributed by atoms with Crippen LogP contribution in [0.3, 0.4) is 0 Å². The van der Waals surface area contributed by atoms with Gasteiger partial charge in [-0.3, -0.25) is 4.90 Å². The molecular formula is C24H23ClN4O. The Morgan fingerprint density at radius 2 is 2.10 bits per heavy atom. The zero-order valence-electron chi connectivity index (χ0n) is 16.8. The Morgan fingerprint density at radius 1 is 1.27 bits per heavy atom. The number of nitrogens with zero attached hydrogens (tertiary/aromatic N) is 4. The van der Waals surface area contributed by atoms with Gasteiger partial charge in [-0.15, -0.1) is 0 Å². The van der Waals surface area contributed by atoms with Crippen molar-refractivity contribution in [3.63, 3.8) is 0 Å². The molecule has 1 saturated heterocycles. The first kappa shape index (κ1) is 19.3. The van der Waals surface area contributed by atoms with E-state index in [1.54, 1.807) is 0 Å². The fourth-order valence-electron chi connectivity index (χ4n) is 4.84. The third-order valence-corrected chi connectivity index (χ3v) is 6.58. The molecule has 0 radical (unpaired) electrons. The Kier molecular flexibility index (Phi) is 4.86. The highest BCUT2D eigenvalue weighted by Gasteiger charge is 2.48. The summed E-state index contributed by atoms with van der Waals surface area (Å²) in [5, 5.41) is 14.8. The molecule has 2 aliphatic heterocycles. The van der Waals surface area contributed by atoms with E-state index < -0.39 is 11.7 Å². The van der Waals surface area contributed by atoms with Crippen molar-refractivity contribution in [1.29, 1.82) is 5.26 Å². The largest absolute Gasteiger partial charge is 0.347 e. The summed E-state index contributed by atoms with van der Waals surface area (Å²) in [6.07, 6.45) is 5.21. The van der Waals surface area contributed by atoms with Crippen molar-refractivity contribution in [2.24, 2.45) is 0 Å². The number of hydrogen-bond donors (Lipinski definition) is 0. The van der Waals surface area contributed by atoms with Crippen LogP contribution in [-0.2, 0) is 16.9 Å². The van der Waals surface area contributed by atoms with Crippen molar-refractivity contribution in [3.05, 3.63) is 82.6 Å². The van der Waals surface area contributed by atoms with E-state index in [4.69, 9.17) is 16.3 Å². The second-order valence-corrected chi connectivity index (χ2v) is 8.69. The highest BCUT2D eigenvalue weighted by atomic mass is 35.5. The highest BCUT2D eigenvalue weighted by Crippen LogP contribution is 2.51. The van der Waals surface area contributed by atoms with Gasteiger partial charge in [0, 0.05) is 41.5 Å². The quantitative estimate of drug-likeness (QED) is 0.600. The first-order valence-corrected chi connectivity index (χ1v) is 10.7. The molecule has 0 bridgehead atoms. The Morgan fingerprint density at radius 3 is 2.87 bits per heavy atom. The number of nitriles is 1. The Labute approximate surface area is 181 Å². The molecule has 2 aliphatic rings. The molecule has 1 aromatic heterocycles. The average molecular weight is 419 g/mol. The van der Waals surface area contributed by atoms with Crippen LogP contribution >= 0.6 is 11.6 Å². The van der Waals surface area contributed by atoms with Crippen LogP contribution in [0.25, 0.3) is 5.69 Å². The van der Waals surface area contributed by atoms with E-state index in [-0.39, 0.29) is 0 Å². The fourth-order valence-corrected chi connectivity index (χ4v) is 5.01. The number of likely N-dealkylation sites (tertiary alicyclic amines) is 1. The maximum atomic E-state index is 9.58. The molecule has 0 saturated carbocycles. The second kappa shape index (κ2) is 7.55. The van der Waals surface area contributed by atoms with Gasteiger partial charge in [0.2, 0.25) is 0 Å². The van der Waals surface area contributed by atoms with Crippen LogP contribution in [0.15, 0.2) is 60.9 Å². The Balaban J connectivity index is 1.33. The van der Waals surface area contributed by atoms with Gasteiger partial charge in [-0.25, -0.2) is 4.68 Å². The average Bonchev–Trinajstić information content (AvgIpc) is 3.34. The lowest BCUT2D eigenvalue weighted by Gasteiger charge is -2.43. The molecule has 0 amide bonds. The van der Waals surface area contributed by atoms with Gasteiger partial charge in [-0.05, 0) is 49.6 Å². The van der Waals surface area contributed by atoms with E-state index in [2.05, 4.69) is 41.3 Å². The number of benzene rings is 2. The van der Waals surface area contributed by atoms with Gasteiger partial charge >= 0.3 is 0 Å². The minimum atomic E-state index is -0.514. The number of fused-ring (bicyclic) bond motifs is 2. The SMILES string of the molecule is C[C@H]1CC2(CCN1Cc1cnn(-c3ccccc3)c1)OC(C#N)c1ccc(Cl)cc12. The highest BCUT2D eigenvalue weighted by molar-refractivity contribution is 6.30. The van der Waals surface area contributed by atoms with Crippen LogP contribution in [0.5, 0.6) is 0 Å². The third kappa shape index (κ3) is 3.31. The number of piperidine rings is 1. The van der Waals surface area contributed by atoms with Crippen LogP contribution in [-0.4, -0.2) is 27.3 Å². The summed E-state index contributed by atoms with van der Waals surface area (Å²) in [6.45, 7) is 3.96. The number of ether oxygens (including phenoxy) is 1. The van der Waals surface area contributed by atoms with E-state index in [0.717, 1.165) is 42.7 Å². The lowest BCUT2D eigenvalue weighted by atomic mass is 9.80. The van der Waals surface area contributed by atoms with Gasteiger partial charge in [0.05, 0.1) is 23.6 Å². The van der Waals surface area contributed by atoms with E-state index in [1.807, 2.05) is 47.3 Å². The molecule has 1 spiro atoms. The van der Waals surface area contributed by atoms with E-state index in [0.29, 0.717) is 11.1 Å². The summed E-state index contributed by atoms with van der Waals surface area (Å²) < 4.78 is 8.25. The molecule has 2 unspecified atom stereocenters. The molecule has 3 heterocycles. The predicted octanol–water partition coefficient (Wildman–Crippen LogP) is 5.00. The maximum absolute atomic E-state index is 9.58. The molecule has 0 N–H and O–H groups in total. The molecule has 5 rings (SSSR count). The monoisotopic (exact) mass is 418 g/mol. The minimum Gasteiger partial charge on any atom is -0.347 e. The maximum Gasteiger partial charge on any atom is 0.170 e. The fraction of sp³-hybridized carbons (Fsp3) is 0.333. The molecule has 6 heteroatoms. The first-order chi connectivity index (χ1) is 14.6. The zero-order valence-corrected chi connectivity index (χ0v) is 17.6. The Bertz CT molecular complexity index is 1110. The van der Waals surface area contributed by atoms with E-state index >= 15 is 0 Å². The van der Waals surface area contributed by atoms with Gasteiger partial charge in [0.25, 0.3) is 0 Å². The summed E-state index contributed by atoms with van der Waals surface area (Å²) in [5.74, 6) is 0. The van der Waals surface area contributed by atoms with E-state index in [9.17, 15) is 5.26 Å². The van der Waals surface area contributed by atoms with Crippen molar-refractivity contribution in [1.82, 2.24) is 14.7 Å². The molecule has 0 aliphatic carbocycles. The number of hydrogen-bond acceptors (Lipinski definition) is 4. The Hall–Kier alpha value is -2.65. The molecule has 30 heavy (non-hydrogen) atoms. The van der Waals surface area contributed by atoms with Crippen molar-refractivity contribution in [3.8, 4) is 11.8 Å². The zero-order chi connectivity index (χ0) is 20.7. The lowest BCUT2D eigenvalue weighted by molar-refractivity contribution is -0.107. The van der Waals surface area contributed by atoms with Gasteiger partial charge in [0.15, 0.2) is 6.10 Å². The first-order valence-electron chi connectivity index (χ1n) is 10.3. The van der Waals surface area contributed by atoms with Crippen LogP contribution in [0.2, 0.25) is 5.02 Å².